The van der Waals surface area contributed by atoms with E-state index in [4.69, 9.17) is 10.5 Å². The van der Waals surface area contributed by atoms with Gasteiger partial charge in [0.1, 0.15) is 23.0 Å². The quantitative estimate of drug-likeness (QED) is 0.742. The van der Waals surface area contributed by atoms with Crippen LogP contribution in [-0.4, -0.2) is 37.3 Å². The van der Waals surface area contributed by atoms with Crippen molar-refractivity contribution in [1.29, 1.82) is 0 Å². The summed E-state index contributed by atoms with van der Waals surface area (Å²) in [5.41, 5.74) is 8.09. The molecule has 9 heteroatoms. The van der Waals surface area contributed by atoms with Gasteiger partial charge in [-0.1, -0.05) is 16.6 Å². The van der Waals surface area contributed by atoms with Gasteiger partial charge < -0.3 is 10.5 Å². The van der Waals surface area contributed by atoms with Crippen molar-refractivity contribution in [2.45, 2.75) is 13.2 Å². The Bertz CT molecular complexity index is 724. The third kappa shape index (κ3) is 2.66. The minimum absolute atomic E-state index is 0.286. The Morgan fingerprint density at radius 3 is 2.95 bits per heavy atom. The molecule has 0 aliphatic rings. The molecule has 0 saturated carbocycles. The molecule has 0 amide bonds. The van der Waals surface area contributed by atoms with E-state index in [0.29, 0.717) is 17.4 Å². The molecule has 0 bridgehead atoms. The highest BCUT2D eigenvalue weighted by Gasteiger charge is 2.18. The highest BCUT2D eigenvalue weighted by atomic mass is 32.1. The van der Waals surface area contributed by atoms with Crippen LogP contribution < -0.4 is 5.73 Å². The molecule has 0 saturated heterocycles. The number of nitrogens with zero attached hydrogens (tertiary/aromatic N) is 6. The lowest BCUT2D eigenvalue weighted by Crippen LogP contribution is -2.02. The number of ether oxygens (including phenoxy) is 1. The summed E-state index contributed by atoms with van der Waals surface area (Å²) < 4.78 is 6.69. The van der Waals surface area contributed by atoms with Crippen LogP contribution in [0.25, 0.3) is 16.4 Å². The molecule has 0 aliphatic heterocycles. The van der Waals surface area contributed by atoms with E-state index in [1.807, 2.05) is 12.1 Å². The minimum atomic E-state index is 0.286. The van der Waals surface area contributed by atoms with Crippen molar-refractivity contribution < 1.29 is 4.74 Å². The molecule has 8 nitrogen and oxygen atoms in total. The van der Waals surface area contributed by atoms with Gasteiger partial charge in [-0.05, 0) is 12.1 Å². The molecule has 0 aromatic carbocycles. The summed E-state index contributed by atoms with van der Waals surface area (Å²) in [6.07, 6.45) is 3.45. The van der Waals surface area contributed by atoms with Crippen molar-refractivity contribution in [2.75, 3.05) is 7.11 Å². The zero-order chi connectivity index (χ0) is 14.7. The van der Waals surface area contributed by atoms with Crippen LogP contribution in [0.1, 0.15) is 10.7 Å². The number of hydrogen-bond donors (Lipinski definition) is 1. The summed E-state index contributed by atoms with van der Waals surface area (Å²) in [7, 11) is 1.62. The van der Waals surface area contributed by atoms with Gasteiger partial charge in [-0.15, -0.1) is 15.3 Å². The summed E-state index contributed by atoms with van der Waals surface area (Å²) in [6, 6.07) is 3.78. The van der Waals surface area contributed by atoms with Crippen molar-refractivity contribution in [3.63, 3.8) is 0 Å². The number of aromatic nitrogens is 6. The van der Waals surface area contributed by atoms with E-state index >= 15 is 0 Å². The van der Waals surface area contributed by atoms with E-state index in [9.17, 15) is 0 Å². The molecule has 0 unspecified atom stereocenters. The van der Waals surface area contributed by atoms with Crippen LogP contribution in [0.15, 0.2) is 24.5 Å². The van der Waals surface area contributed by atoms with Crippen LogP contribution in [0.2, 0.25) is 0 Å². The summed E-state index contributed by atoms with van der Waals surface area (Å²) >= 11 is 1.40. The normalized spacial score (nSPS) is 11.0. The molecule has 0 aliphatic carbocycles. The molecule has 3 aromatic rings. The van der Waals surface area contributed by atoms with E-state index < -0.39 is 0 Å². The van der Waals surface area contributed by atoms with Crippen LogP contribution in [-0.2, 0) is 17.9 Å². The Morgan fingerprint density at radius 2 is 2.24 bits per heavy atom. The highest BCUT2D eigenvalue weighted by Crippen LogP contribution is 2.25. The van der Waals surface area contributed by atoms with Crippen molar-refractivity contribution >= 4 is 11.3 Å². The van der Waals surface area contributed by atoms with Crippen LogP contribution in [0.5, 0.6) is 0 Å². The molecule has 0 spiro atoms. The van der Waals surface area contributed by atoms with Gasteiger partial charge in [0.15, 0.2) is 0 Å². The summed E-state index contributed by atoms with van der Waals surface area (Å²) in [6.45, 7) is 0.701. The molecule has 108 valence electrons. The minimum Gasteiger partial charge on any atom is -0.377 e. The molecule has 0 atom stereocenters. The second-order valence-corrected chi connectivity index (χ2v) is 5.19. The number of methoxy groups -OCH3 is 1. The second-order valence-electron chi connectivity index (χ2n) is 4.15. The molecular formula is C12H13N7OS. The van der Waals surface area contributed by atoms with Crippen LogP contribution >= 0.6 is 11.3 Å². The highest BCUT2D eigenvalue weighted by molar-refractivity contribution is 7.13. The average Bonchev–Trinajstić information content (AvgIpc) is 3.14. The zero-order valence-corrected chi connectivity index (χ0v) is 12.1. The Balaban J connectivity index is 2.08. The van der Waals surface area contributed by atoms with Crippen molar-refractivity contribution in [3.8, 4) is 16.4 Å². The predicted molar refractivity (Wildman–Crippen MR) is 76.7 cm³/mol. The van der Waals surface area contributed by atoms with E-state index in [1.54, 1.807) is 24.2 Å². The molecule has 3 aromatic heterocycles. The SMILES string of the molecule is COCc1nnc(-n2nnc(CN)c2-c2cccnc2)s1. The maximum Gasteiger partial charge on any atom is 0.234 e. The van der Waals surface area contributed by atoms with Gasteiger partial charge in [-0.2, -0.15) is 4.68 Å². The number of pyridine rings is 1. The molecule has 21 heavy (non-hydrogen) atoms. The first kappa shape index (κ1) is 13.7. The Hall–Kier alpha value is -2.23. The molecule has 0 radical (unpaired) electrons. The van der Waals surface area contributed by atoms with Crippen molar-refractivity contribution in [2.24, 2.45) is 5.73 Å². The van der Waals surface area contributed by atoms with Gasteiger partial charge in [-0.3, -0.25) is 4.98 Å². The third-order valence-corrected chi connectivity index (χ3v) is 3.65. The predicted octanol–water partition coefficient (Wildman–Crippen LogP) is 0.786. The van der Waals surface area contributed by atoms with E-state index in [2.05, 4.69) is 25.5 Å². The van der Waals surface area contributed by atoms with Gasteiger partial charge in [0.25, 0.3) is 0 Å². The fourth-order valence-corrected chi connectivity index (χ4v) is 2.65. The average molecular weight is 303 g/mol. The lowest BCUT2D eigenvalue weighted by Gasteiger charge is -2.03. The largest absolute Gasteiger partial charge is 0.377 e. The molecule has 0 fully saturated rings. The van der Waals surface area contributed by atoms with Crippen molar-refractivity contribution in [3.05, 3.63) is 35.2 Å². The van der Waals surface area contributed by atoms with E-state index in [0.717, 1.165) is 16.3 Å². The first-order valence-electron chi connectivity index (χ1n) is 6.20. The maximum atomic E-state index is 5.74. The number of nitrogens with two attached hydrogens (primary N) is 1. The van der Waals surface area contributed by atoms with Crippen LogP contribution in [0.4, 0.5) is 0 Å². The Labute approximate surface area is 124 Å². The fraction of sp³-hybridized carbons (Fsp3) is 0.250. The summed E-state index contributed by atoms with van der Waals surface area (Å²) in [4.78, 5) is 4.12. The maximum absolute atomic E-state index is 5.74. The third-order valence-electron chi connectivity index (χ3n) is 2.77. The van der Waals surface area contributed by atoms with Gasteiger partial charge in [0, 0.05) is 31.6 Å². The van der Waals surface area contributed by atoms with E-state index in [-0.39, 0.29) is 6.54 Å². The lowest BCUT2D eigenvalue weighted by atomic mass is 10.1. The second kappa shape index (κ2) is 6.04. The number of rotatable bonds is 5. The van der Waals surface area contributed by atoms with Gasteiger partial charge in [-0.25, -0.2) is 0 Å². The first-order valence-corrected chi connectivity index (χ1v) is 7.02. The van der Waals surface area contributed by atoms with Crippen LogP contribution in [0.3, 0.4) is 0 Å². The lowest BCUT2D eigenvalue weighted by molar-refractivity contribution is 0.184. The van der Waals surface area contributed by atoms with Crippen LogP contribution in [0, 0.1) is 0 Å². The van der Waals surface area contributed by atoms with Gasteiger partial charge in [0.05, 0.1) is 0 Å². The summed E-state index contributed by atoms with van der Waals surface area (Å²) in [5.74, 6) is 0. The van der Waals surface area contributed by atoms with Crippen molar-refractivity contribution in [1.82, 2.24) is 30.2 Å². The smallest absolute Gasteiger partial charge is 0.234 e. The molecule has 3 rings (SSSR count). The Kier molecular flexibility index (Phi) is 3.95. The Morgan fingerprint density at radius 1 is 1.33 bits per heavy atom. The molecular weight excluding hydrogens is 290 g/mol. The van der Waals surface area contributed by atoms with Gasteiger partial charge >= 0.3 is 0 Å². The first-order chi connectivity index (χ1) is 10.3. The fourth-order valence-electron chi connectivity index (χ4n) is 1.89. The zero-order valence-electron chi connectivity index (χ0n) is 11.3. The summed E-state index contributed by atoms with van der Waals surface area (Å²) in [5, 5.41) is 17.8. The monoisotopic (exact) mass is 303 g/mol. The van der Waals surface area contributed by atoms with E-state index in [1.165, 1.54) is 11.3 Å². The molecule has 3 heterocycles. The standard InChI is InChI=1S/C12H13N7OS/c1-20-7-10-16-17-12(21-10)19-11(9(5-13)15-18-19)8-3-2-4-14-6-8/h2-4,6H,5,7,13H2,1H3. The topological polar surface area (TPSA) is 105 Å². The molecule has 2 N–H and O–H groups in total. The van der Waals surface area contributed by atoms with Gasteiger partial charge in [0.2, 0.25) is 5.13 Å². The number of hydrogen-bond acceptors (Lipinski definition) is 8.